The zero-order valence-corrected chi connectivity index (χ0v) is 18.2. The number of sulfonamides is 1. The lowest BCUT2D eigenvalue weighted by molar-refractivity contribution is 0.0935. The van der Waals surface area contributed by atoms with Crippen molar-refractivity contribution in [2.75, 3.05) is 32.7 Å². The molecule has 0 atom stereocenters. The minimum absolute atomic E-state index is 0.0693. The maximum Gasteiger partial charge on any atom is 0.243 e. The van der Waals surface area contributed by atoms with Crippen molar-refractivity contribution in [2.45, 2.75) is 25.2 Å². The molecule has 1 fully saturated rings. The number of H-pyrrole nitrogens is 1. The van der Waals surface area contributed by atoms with Crippen molar-refractivity contribution < 1.29 is 13.2 Å². The molecule has 0 aliphatic carbocycles. The molecule has 2 aromatic carbocycles. The van der Waals surface area contributed by atoms with Gasteiger partial charge in [-0.05, 0) is 45.0 Å². The molecule has 0 bridgehead atoms. The van der Waals surface area contributed by atoms with Gasteiger partial charge in [0.2, 0.25) is 10.0 Å². The first-order chi connectivity index (χ1) is 14.4. The van der Waals surface area contributed by atoms with Gasteiger partial charge in [-0.15, -0.1) is 0 Å². The Bertz CT molecular complexity index is 1170. The predicted octanol–water partition coefficient (Wildman–Crippen LogP) is 3.36. The number of aromatic nitrogens is 1. The summed E-state index contributed by atoms with van der Waals surface area (Å²) in [6.07, 6.45) is 0.700. The summed E-state index contributed by atoms with van der Waals surface area (Å²) in [5.41, 5.74) is 3.60. The lowest BCUT2D eigenvalue weighted by atomic mass is 10.1. The van der Waals surface area contributed by atoms with Crippen LogP contribution in [0, 0.1) is 13.8 Å². The predicted molar refractivity (Wildman–Crippen MR) is 118 cm³/mol. The first-order valence-electron chi connectivity index (χ1n) is 10.3. The van der Waals surface area contributed by atoms with Gasteiger partial charge < -0.3 is 4.98 Å². The number of aromatic amines is 1. The van der Waals surface area contributed by atoms with Crippen LogP contribution in [-0.2, 0) is 10.0 Å². The van der Waals surface area contributed by atoms with Crippen molar-refractivity contribution in [3.63, 3.8) is 0 Å². The summed E-state index contributed by atoms with van der Waals surface area (Å²) in [6.45, 7) is 6.24. The summed E-state index contributed by atoms with van der Waals surface area (Å²) in [7, 11) is -3.52. The van der Waals surface area contributed by atoms with E-state index in [0.29, 0.717) is 44.0 Å². The molecule has 0 spiro atoms. The molecular formula is C23H27N3O3S. The molecule has 0 radical (unpaired) electrons. The molecule has 0 amide bonds. The summed E-state index contributed by atoms with van der Waals surface area (Å²) in [4.78, 5) is 18.7. The van der Waals surface area contributed by atoms with Crippen LogP contribution < -0.4 is 0 Å². The van der Waals surface area contributed by atoms with Gasteiger partial charge in [-0.3, -0.25) is 9.69 Å². The number of hydrogen-bond acceptors (Lipinski definition) is 4. The van der Waals surface area contributed by atoms with Gasteiger partial charge in [0.25, 0.3) is 0 Å². The van der Waals surface area contributed by atoms with Gasteiger partial charge in [0.05, 0.1) is 11.4 Å². The third kappa shape index (κ3) is 4.05. The van der Waals surface area contributed by atoms with Gasteiger partial charge in [0.15, 0.2) is 5.78 Å². The Kier molecular flexibility index (Phi) is 5.77. The number of fused-ring (bicyclic) bond motifs is 1. The second-order valence-corrected chi connectivity index (χ2v) is 9.88. The summed E-state index contributed by atoms with van der Waals surface area (Å²) in [6, 6.07) is 14.8. The number of ketones is 1. The summed E-state index contributed by atoms with van der Waals surface area (Å²) in [5, 5.41) is 0.943. The Balaban J connectivity index is 1.46. The van der Waals surface area contributed by atoms with Crippen LogP contribution in [0.25, 0.3) is 10.9 Å². The minimum atomic E-state index is -3.52. The molecule has 1 aliphatic heterocycles. The highest BCUT2D eigenvalue weighted by atomic mass is 32.2. The normalized spacial score (nSPS) is 16.6. The van der Waals surface area contributed by atoms with E-state index in [1.807, 2.05) is 50.2 Å². The molecule has 3 aromatic rings. The van der Waals surface area contributed by atoms with E-state index in [1.54, 1.807) is 16.4 Å². The van der Waals surface area contributed by atoms with Crippen LogP contribution in [0.2, 0.25) is 0 Å². The number of nitrogens with one attached hydrogen (secondary N) is 1. The Labute approximate surface area is 177 Å². The van der Waals surface area contributed by atoms with Crippen LogP contribution in [-0.4, -0.2) is 61.1 Å². The number of Topliss-reactive ketones (excluding diaryl/α,β-unsaturated/α-hetero) is 1. The molecule has 1 aromatic heterocycles. The highest BCUT2D eigenvalue weighted by Gasteiger charge is 2.28. The second-order valence-electron chi connectivity index (χ2n) is 7.94. The number of carbonyl (C=O) groups is 1. The van der Waals surface area contributed by atoms with Crippen molar-refractivity contribution in [1.29, 1.82) is 0 Å². The molecule has 1 saturated heterocycles. The zero-order chi connectivity index (χ0) is 21.3. The van der Waals surface area contributed by atoms with Crippen molar-refractivity contribution in [2.24, 2.45) is 0 Å². The van der Waals surface area contributed by atoms with Crippen LogP contribution >= 0.6 is 0 Å². The number of para-hydroxylation sites is 1. The Morgan fingerprint density at radius 2 is 1.70 bits per heavy atom. The highest BCUT2D eigenvalue weighted by Crippen LogP contribution is 2.23. The van der Waals surface area contributed by atoms with Crippen LogP contribution in [0.15, 0.2) is 53.4 Å². The first-order valence-corrected chi connectivity index (χ1v) is 11.7. The molecule has 0 unspecified atom stereocenters. The average molecular weight is 426 g/mol. The Morgan fingerprint density at radius 1 is 0.967 bits per heavy atom. The molecule has 1 aliphatic rings. The fourth-order valence-electron chi connectivity index (χ4n) is 4.12. The van der Waals surface area contributed by atoms with E-state index in [9.17, 15) is 13.2 Å². The lowest BCUT2D eigenvalue weighted by Gasteiger charge is -2.21. The highest BCUT2D eigenvalue weighted by molar-refractivity contribution is 7.89. The fraction of sp³-hybridized carbons (Fsp3) is 0.348. The van der Waals surface area contributed by atoms with Gasteiger partial charge in [-0.25, -0.2) is 8.42 Å². The van der Waals surface area contributed by atoms with Gasteiger partial charge >= 0.3 is 0 Å². The molecule has 2 heterocycles. The van der Waals surface area contributed by atoms with E-state index < -0.39 is 10.0 Å². The summed E-state index contributed by atoms with van der Waals surface area (Å²) in [5.74, 6) is 0.0693. The summed E-state index contributed by atoms with van der Waals surface area (Å²) >= 11 is 0. The standard InChI is InChI=1S/C23H27N3O3S/c1-17-8-10-19(11-9-17)30(28,29)26-13-5-12-25(14-15-26)16-22(27)23-18(2)24-21-7-4-3-6-20(21)23/h3-4,6-11,24H,5,12-16H2,1-2H3. The Morgan fingerprint density at radius 3 is 2.47 bits per heavy atom. The van der Waals surface area contributed by atoms with Crippen molar-refractivity contribution >= 4 is 26.7 Å². The number of aryl methyl sites for hydroxylation is 2. The van der Waals surface area contributed by atoms with Crippen molar-refractivity contribution in [3.05, 3.63) is 65.4 Å². The second kappa shape index (κ2) is 8.34. The monoisotopic (exact) mass is 425 g/mol. The van der Waals surface area contributed by atoms with E-state index in [1.165, 1.54) is 0 Å². The Hall–Kier alpha value is -2.48. The molecule has 7 heteroatoms. The topological polar surface area (TPSA) is 73.5 Å². The largest absolute Gasteiger partial charge is 0.358 e. The molecule has 158 valence electrons. The van der Waals surface area contributed by atoms with Gasteiger partial charge in [-0.1, -0.05) is 35.9 Å². The van der Waals surface area contributed by atoms with E-state index in [-0.39, 0.29) is 5.78 Å². The van der Waals surface area contributed by atoms with E-state index in [0.717, 1.165) is 27.7 Å². The molecule has 30 heavy (non-hydrogen) atoms. The molecule has 0 saturated carbocycles. The smallest absolute Gasteiger partial charge is 0.243 e. The van der Waals surface area contributed by atoms with Crippen molar-refractivity contribution in [3.8, 4) is 0 Å². The first kappa shape index (κ1) is 20.8. The van der Waals surface area contributed by atoms with Crippen LogP contribution in [0.5, 0.6) is 0 Å². The van der Waals surface area contributed by atoms with Crippen molar-refractivity contribution in [1.82, 2.24) is 14.2 Å². The maximum atomic E-state index is 13.1. The third-order valence-electron chi connectivity index (χ3n) is 5.75. The fourth-order valence-corrected chi connectivity index (χ4v) is 5.59. The third-order valence-corrected chi connectivity index (χ3v) is 7.66. The summed E-state index contributed by atoms with van der Waals surface area (Å²) < 4.78 is 27.5. The van der Waals surface area contributed by atoms with E-state index in [2.05, 4.69) is 9.88 Å². The molecule has 1 N–H and O–H groups in total. The zero-order valence-electron chi connectivity index (χ0n) is 17.4. The number of benzene rings is 2. The quantitative estimate of drug-likeness (QED) is 0.636. The molecular weight excluding hydrogens is 398 g/mol. The SMILES string of the molecule is Cc1ccc(S(=O)(=O)N2CCCN(CC(=O)c3c(C)[nH]c4ccccc34)CC2)cc1. The van der Waals surface area contributed by atoms with Crippen LogP contribution in [0.3, 0.4) is 0 Å². The number of rotatable bonds is 5. The molecule has 6 nitrogen and oxygen atoms in total. The van der Waals surface area contributed by atoms with Gasteiger partial charge in [0, 0.05) is 41.8 Å². The molecule has 4 rings (SSSR count). The number of nitrogens with zero attached hydrogens (tertiary/aromatic N) is 2. The lowest BCUT2D eigenvalue weighted by Crippen LogP contribution is -2.36. The van der Waals surface area contributed by atoms with Crippen LogP contribution in [0.4, 0.5) is 0 Å². The average Bonchev–Trinajstić information content (AvgIpc) is 2.88. The van der Waals surface area contributed by atoms with Gasteiger partial charge in [-0.2, -0.15) is 4.31 Å². The minimum Gasteiger partial charge on any atom is -0.358 e. The van der Waals surface area contributed by atoms with Gasteiger partial charge in [0.1, 0.15) is 0 Å². The number of hydrogen-bond donors (Lipinski definition) is 1. The van der Waals surface area contributed by atoms with E-state index >= 15 is 0 Å². The van der Waals surface area contributed by atoms with Crippen LogP contribution in [0.1, 0.15) is 28.0 Å². The maximum absolute atomic E-state index is 13.1. The van der Waals surface area contributed by atoms with E-state index in [4.69, 9.17) is 0 Å². The number of carbonyl (C=O) groups excluding carboxylic acids is 1.